The number of nitrogens with two attached hydrogens (primary N) is 1. The minimum atomic E-state index is 0.187. The van der Waals surface area contributed by atoms with Crippen LogP contribution in [-0.4, -0.2) is 9.97 Å². The zero-order chi connectivity index (χ0) is 13.1. The largest absolute Gasteiger partial charge is 0.368 e. The first-order valence-electron chi connectivity index (χ1n) is 5.27. The van der Waals surface area contributed by atoms with Crippen LogP contribution in [-0.2, 0) is 12.8 Å². The van der Waals surface area contributed by atoms with E-state index in [-0.39, 0.29) is 5.95 Å². The molecule has 2 rings (SSSR count). The fourth-order valence-corrected chi connectivity index (χ4v) is 2.11. The number of aromatic nitrogens is 2. The summed E-state index contributed by atoms with van der Waals surface area (Å²) >= 11 is 17.6. The van der Waals surface area contributed by atoms with Gasteiger partial charge in [0.15, 0.2) is 0 Å². The van der Waals surface area contributed by atoms with Crippen LogP contribution < -0.4 is 5.73 Å². The smallest absolute Gasteiger partial charge is 0.221 e. The number of nitrogen functional groups attached to an aromatic ring is 1. The number of hydrogen-bond donors (Lipinski definition) is 1. The number of benzene rings is 1. The van der Waals surface area contributed by atoms with E-state index in [1.54, 1.807) is 12.1 Å². The molecule has 0 aliphatic rings. The molecule has 1 heterocycles. The van der Waals surface area contributed by atoms with Crippen LogP contribution in [0.2, 0.25) is 15.2 Å². The third-order valence-corrected chi connectivity index (χ3v) is 3.35. The Balaban J connectivity index is 2.08. The van der Waals surface area contributed by atoms with Gasteiger partial charge in [-0.25, -0.2) is 9.97 Å². The lowest BCUT2D eigenvalue weighted by Gasteiger charge is -2.04. The summed E-state index contributed by atoms with van der Waals surface area (Å²) in [6.45, 7) is 0. The molecule has 0 aliphatic heterocycles. The van der Waals surface area contributed by atoms with Crippen LogP contribution in [0.5, 0.6) is 0 Å². The zero-order valence-corrected chi connectivity index (χ0v) is 11.6. The summed E-state index contributed by atoms with van der Waals surface area (Å²) in [5.74, 6) is 0.187. The molecule has 0 bridgehead atoms. The molecule has 2 aromatic rings. The van der Waals surface area contributed by atoms with Crippen LogP contribution in [0.1, 0.15) is 11.3 Å². The van der Waals surface area contributed by atoms with E-state index in [4.69, 9.17) is 40.5 Å². The summed E-state index contributed by atoms with van der Waals surface area (Å²) in [6.07, 6.45) is 1.49. The average Bonchev–Trinajstić information content (AvgIpc) is 2.29. The summed E-state index contributed by atoms with van der Waals surface area (Å²) < 4.78 is 0. The van der Waals surface area contributed by atoms with Gasteiger partial charge in [0, 0.05) is 5.69 Å². The third-order valence-electron chi connectivity index (χ3n) is 2.42. The SMILES string of the molecule is Nc1nc(Cl)cc(CCc2ccc(Cl)c(Cl)c2)n1. The minimum absolute atomic E-state index is 0.187. The predicted molar refractivity (Wildman–Crippen MR) is 75.3 cm³/mol. The first-order valence-corrected chi connectivity index (χ1v) is 6.41. The van der Waals surface area contributed by atoms with Gasteiger partial charge in [0.05, 0.1) is 10.0 Å². The van der Waals surface area contributed by atoms with Crippen LogP contribution >= 0.6 is 34.8 Å². The summed E-state index contributed by atoms with van der Waals surface area (Å²) in [6, 6.07) is 7.26. The molecule has 18 heavy (non-hydrogen) atoms. The fraction of sp³-hybridized carbons (Fsp3) is 0.167. The molecule has 1 aromatic carbocycles. The summed E-state index contributed by atoms with van der Waals surface area (Å²) in [7, 11) is 0. The second kappa shape index (κ2) is 5.74. The maximum absolute atomic E-state index is 5.95. The molecule has 0 saturated carbocycles. The second-order valence-corrected chi connectivity index (χ2v) is 4.99. The Hall–Kier alpha value is -1.03. The van der Waals surface area contributed by atoms with Crippen molar-refractivity contribution in [2.75, 3.05) is 5.73 Å². The first-order chi connectivity index (χ1) is 8.54. The van der Waals surface area contributed by atoms with Crippen LogP contribution in [0.15, 0.2) is 24.3 Å². The molecule has 0 saturated heterocycles. The Morgan fingerprint density at radius 1 is 0.944 bits per heavy atom. The van der Waals surface area contributed by atoms with E-state index in [1.165, 1.54) is 0 Å². The van der Waals surface area contributed by atoms with Crippen LogP contribution in [0.4, 0.5) is 5.95 Å². The van der Waals surface area contributed by atoms with Crippen molar-refractivity contribution in [1.82, 2.24) is 9.97 Å². The summed E-state index contributed by atoms with van der Waals surface area (Å²) in [5, 5.41) is 1.45. The molecule has 0 spiro atoms. The number of nitrogens with zero attached hydrogens (tertiary/aromatic N) is 2. The maximum atomic E-state index is 5.95. The van der Waals surface area contributed by atoms with Gasteiger partial charge in [0.25, 0.3) is 0 Å². The van der Waals surface area contributed by atoms with Gasteiger partial charge in [0.2, 0.25) is 5.95 Å². The van der Waals surface area contributed by atoms with E-state index in [1.807, 2.05) is 12.1 Å². The Morgan fingerprint density at radius 3 is 2.39 bits per heavy atom. The highest BCUT2D eigenvalue weighted by atomic mass is 35.5. The Labute approximate surface area is 120 Å². The van der Waals surface area contributed by atoms with E-state index in [0.29, 0.717) is 21.6 Å². The molecule has 0 radical (unpaired) electrons. The number of halogens is 3. The van der Waals surface area contributed by atoms with Gasteiger partial charge >= 0.3 is 0 Å². The van der Waals surface area contributed by atoms with Crippen molar-refractivity contribution in [2.24, 2.45) is 0 Å². The standard InChI is InChI=1S/C12H10Cl3N3/c13-9-4-2-7(5-10(9)14)1-3-8-6-11(15)18-12(16)17-8/h2,4-6H,1,3H2,(H2,16,17,18). The highest BCUT2D eigenvalue weighted by molar-refractivity contribution is 6.42. The van der Waals surface area contributed by atoms with Gasteiger partial charge in [0.1, 0.15) is 5.15 Å². The third kappa shape index (κ3) is 3.48. The highest BCUT2D eigenvalue weighted by Crippen LogP contribution is 2.23. The molecule has 3 nitrogen and oxygen atoms in total. The van der Waals surface area contributed by atoms with E-state index in [2.05, 4.69) is 9.97 Å². The lowest BCUT2D eigenvalue weighted by Crippen LogP contribution is -2.01. The van der Waals surface area contributed by atoms with Crippen LogP contribution in [0.3, 0.4) is 0 Å². The molecule has 0 unspecified atom stereocenters. The molecular weight excluding hydrogens is 293 g/mol. The molecule has 1 aromatic heterocycles. The van der Waals surface area contributed by atoms with E-state index in [0.717, 1.165) is 17.7 Å². The van der Waals surface area contributed by atoms with Crippen molar-refractivity contribution in [3.05, 3.63) is 50.7 Å². The Bertz CT molecular complexity index is 552. The second-order valence-electron chi connectivity index (χ2n) is 3.79. The van der Waals surface area contributed by atoms with Gasteiger partial charge in [-0.15, -0.1) is 0 Å². The van der Waals surface area contributed by atoms with Crippen LogP contribution in [0, 0.1) is 0 Å². The molecule has 94 valence electrons. The Morgan fingerprint density at radius 2 is 1.72 bits per heavy atom. The quantitative estimate of drug-likeness (QED) is 0.877. The number of aryl methyl sites for hydroxylation is 2. The normalized spacial score (nSPS) is 10.6. The number of hydrogen-bond acceptors (Lipinski definition) is 3. The van der Waals surface area contributed by atoms with Crippen molar-refractivity contribution in [1.29, 1.82) is 0 Å². The van der Waals surface area contributed by atoms with Gasteiger partial charge in [-0.3, -0.25) is 0 Å². The Kier molecular flexibility index (Phi) is 4.27. The van der Waals surface area contributed by atoms with E-state index in [9.17, 15) is 0 Å². The minimum Gasteiger partial charge on any atom is -0.368 e. The number of rotatable bonds is 3. The lowest BCUT2D eigenvalue weighted by molar-refractivity contribution is 0.905. The molecule has 0 amide bonds. The van der Waals surface area contributed by atoms with E-state index >= 15 is 0 Å². The van der Waals surface area contributed by atoms with Gasteiger partial charge < -0.3 is 5.73 Å². The van der Waals surface area contributed by atoms with Gasteiger partial charge in [-0.05, 0) is 36.6 Å². The molecular formula is C12H10Cl3N3. The van der Waals surface area contributed by atoms with Gasteiger partial charge in [-0.2, -0.15) is 0 Å². The van der Waals surface area contributed by atoms with Crippen molar-refractivity contribution in [3.63, 3.8) is 0 Å². The monoisotopic (exact) mass is 301 g/mol. The molecule has 0 atom stereocenters. The van der Waals surface area contributed by atoms with Crippen molar-refractivity contribution >= 4 is 40.8 Å². The molecule has 0 aliphatic carbocycles. The zero-order valence-electron chi connectivity index (χ0n) is 9.33. The highest BCUT2D eigenvalue weighted by Gasteiger charge is 2.03. The van der Waals surface area contributed by atoms with Crippen LogP contribution in [0.25, 0.3) is 0 Å². The summed E-state index contributed by atoms with van der Waals surface area (Å²) in [5.41, 5.74) is 7.41. The summed E-state index contributed by atoms with van der Waals surface area (Å²) in [4.78, 5) is 7.92. The molecule has 0 fully saturated rings. The van der Waals surface area contributed by atoms with Crippen molar-refractivity contribution in [3.8, 4) is 0 Å². The predicted octanol–water partition coefficient (Wildman–Crippen LogP) is 3.80. The molecule has 6 heteroatoms. The van der Waals surface area contributed by atoms with E-state index < -0.39 is 0 Å². The van der Waals surface area contributed by atoms with Crippen molar-refractivity contribution in [2.45, 2.75) is 12.8 Å². The maximum Gasteiger partial charge on any atom is 0.221 e. The lowest BCUT2D eigenvalue weighted by atomic mass is 10.1. The van der Waals surface area contributed by atoms with Crippen molar-refractivity contribution < 1.29 is 0 Å². The topological polar surface area (TPSA) is 51.8 Å². The van der Waals surface area contributed by atoms with Gasteiger partial charge in [-0.1, -0.05) is 40.9 Å². The average molecular weight is 303 g/mol. The first kappa shape index (κ1) is 13.4. The molecule has 2 N–H and O–H groups in total. The number of anilines is 1. The fourth-order valence-electron chi connectivity index (χ4n) is 1.58.